The number of amides is 1. The van der Waals surface area contributed by atoms with Gasteiger partial charge in [-0.25, -0.2) is 4.39 Å². The van der Waals surface area contributed by atoms with Crippen molar-refractivity contribution < 1.29 is 27.4 Å². The Labute approximate surface area is 162 Å². The normalized spacial score (nSPS) is 14.1. The highest BCUT2D eigenvalue weighted by Crippen LogP contribution is 2.35. The number of carbonyl (C=O) groups is 1. The van der Waals surface area contributed by atoms with Crippen LogP contribution in [0.2, 0.25) is 0 Å². The van der Waals surface area contributed by atoms with Crippen LogP contribution in [0.5, 0.6) is 5.75 Å². The Morgan fingerprint density at radius 3 is 2.61 bits per heavy atom. The van der Waals surface area contributed by atoms with E-state index in [9.17, 15) is 18.0 Å². The smallest absolute Gasteiger partial charge is 0.387 e. The van der Waals surface area contributed by atoms with Crippen LogP contribution in [-0.4, -0.2) is 64.4 Å². The second-order valence-electron chi connectivity index (χ2n) is 6.10. The molecule has 2 rings (SSSR count). The Balaban J connectivity index is 0.000000892. The number of ether oxygens (including phenoxy) is 2. The van der Waals surface area contributed by atoms with Crippen molar-refractivity contribution in [2.75, 3.05) is 62.4 Å². The zero-order valence-corrected chi connectivity index (χ0v) is 16.1. The number of nitrogens with zero attached hydrogens (tertiary/aromatic N) is 2. The Morgan fingerprint density at radius 2 is 2.07 bits per heavy atom. The molecule has 1 fully saturated rings. The zero-order chi connectivity index (χ0) is 21.1. The number of nitrogens with one attached hydrogen (secondary N) is 1. The van der Waals surface area contributed by atoms with E-state index in [1.165, 1.54) is 19.1 Å². The molecular formula is C18H27F3N4O3. The van der Waals surface area contributed by atoms with Gasteiger partial charge in [0.1, 0.15) is 0 Å². The number of halogens is 3. The minimum atomic E-state index is -2.97. The summed E-state index contributed by atoms with van der Waals surface area (Å²) in [5.41, 5.74) is 6.73. The molecule has 1 aliphatic heterocycles. The summed E-state index contributed by atoms with van der Waals surface area (Å²) < 4.78 is 45.5. The molecule has 28 heavy (non-hydrogen) atoms. The van der Waals surface area contributed by atoms with E-state index >= 15 is 0 Å². The van der Waals surface area contributed by atoms with Gasteiger partial charge in [0.15, 0.2) is 5.75 Å². The largest absolute Gasteiger partial charge is 0.433 e. The van der Waals surface area contributed by atoms with Gasteiger partial charge in [-0.3, -0.25) is 9.69 Å². The lowest BCUT2D eigenvalue weighted by molar-refractivity contribution is -0.105. The third-order valence-electron chi connectivity index (χ3n) is 3.83. The minimum absolute atomic E-state index is 0.0324. The molecule has 1 aromatic carbocycles. The summed E-state index contributed by atoms with van der Waals surface area (Å²) in [5.74, 6) is -0.449. The van der Waals surface area contributed by atoms with Crippen LogP contribution in [0.25, 0.3) is 0 Å². The van der Waals surface area contributed by atoms with Gasteiger partial charge in [0.25, 0.3) is 0 Å². The van der Waals surface area contributed by atoms with Gasteiger partial charge in [-0.15, -0.1) is 0 Å². The number of benzene rings is 1. The molecule has 1 saturated heterocycles. The van der Waals surface area contributed by atoms with E-state index in [2.05, 4.69) is 21.5 Å². The van der Waals surface area contributed by atoms with Crippen LogP contribution in [-0.2, 0) is 9.53 Å². The summed E-state index contributed by atoms with van der Waals surface area (Å²) in [5, 5.41) is 2.54. The molecule has 1 aromatic rings. The van der Waals surface area contributed by atoms with Crippen molar-refractivity contribution in [1.29, 1.82) is 0 Å². The second-order valence-corrected chi connectivity index (χ2v) is 6.10. The number of rotatable bonds is 8. The fraction of sp³-hybridized carbons (Fsp3) is 0.500. The Morgan fingerprint density at radius 1 is 1.46 bits per heavy atom. The van der Waals surface area contributed by atoms with E-state index in [1.807, 2.05) is 11.9 Å². The van der Waals surface area contributed by atoms with Gasteiger partial charge in [0.05, 0.1) is 36.1 Å². The van der Waals surface area contributed by atoms with E-state index in [0.29, 0.717) is 37.5 Å². The minimum Gasteiger partial charge on any atom is -0.433 e. The van der Waals surface area contributed by atoms with Gasteiger partial charge in [-0.2, -0.15) is 8.78 Å². The number of morpholine rings is 1. The van der Waals surface area contributed by atoms with E-state index in [0.717, 1.165) is 19.6 Å². The summed E-state index contributed by atoms with van der Waals surface area (Å²) in [4.78, 5) is 14.9. The molecule has 1 amide bonds. The lowest BCUT2D eigenvalue weighted by Crippen LogP contribution is -2.40. The molecular weight excluding hydrogens is 377 g/mol. The van der Waals surface area contributed by atoms with Crippen molar-refractivity contribution in [3.63, 3.8) is 0 Å². The average Bonchev–Trinajstić information content (AvgIpc) is 2.62. The Bertz CT molecular complexity index is 637. The van der Waals surface area contributed by atoms with Crippen molar-refractivity contribution >= 4 is 23.5 Å². The summed E-state index contributed by atoms with van der Waals surface area (Å²) in [6.45, 7) is 5.78. The first-order valence-electron chi connectivity index (χ1n) is 8.65. The van der Waals surface area contributed by atoms with Crippen LogP contribution < -0.4 is 20.7 Å². The van der Waals surface area contributed by atoms with Crippen LogP contribution in [0, 0.1) is 0 Å². The fourth-order valence-electron chi connectivity index (χ4n) is 2.52. The predicted octanol–water partition coefficient (Wildman–Crippen LogP) is 2.70. The maximum absolute atomic E-state index is 12.5. The third-order valence-corrected chi connectivity index (χ3v) is 3.83. The SMILES string of the molecule is C=C(C)F.CN(CCN1CCOCC1)c1cc(OC(F)F)c(N)cc1NC=O. The van der Waals surface area contributed by atoms with Gasteiger partial charge < -0.3 is 25.4 Å². The summed E-state index contributed by atoms with van der Waals surface area (Å²) in [7, 11) is 1.81. The van der Waals surface area contributed by atoms with E-state index in [4.69, 9.17) is 10.5 Å². The lowest BCUT2D eigenvalue weighted by Gasteiger charge is -2.30. The molecule has 0 aromatic heterocycles. The molecule has 0 atom stereocenters. The summed E-state index contributed by atoms with van der Waals surface area (Å²) in [6, 6.07) is 2.82. The Kier molecular flexibility index (Phi) is 10.2. The highest BCUT2D eigenvalue weighted by atomic mass is 19.3. The molecule has 3 N–H and O–H groups in total. The van der Waals surface area contributed by atoms with Gasteiger partial charge in [0.2, 0.25) is 6.41 Å². The first-order chi connectivity index (χ1) is 13.2. The van der Waals surface area contributed by atoms with E-state index in [-0.39, 0.29) is 17.3 Å². The number of hydrogen-bond acceptors (Lipinski definition) is 6. The van der Waals surface area contributed by atoms with Gasteiger partial charge >= 0.3 is 6.61 Å². The zero-order valence-electron chi connectivity index (χ0n) is 16.1. The van der Waals surface area contributed by atoms with Crippen molar-refractivity contribution in [2.45, 2.75) is 13.5 Å². The highest BCUT2D eigenvalue weighted by Gasteiger charge is 2.17. The predicted molar refractivity (Wildman–Crippen MR) is 104 cm³/mol. The first-order valence-corrected chi connectivity index (χ1v) is 8.65. The number of allylic oxidation sites excluding steroid dienone is 1. The summed E-state index contributed by atoms with van der Waals surface area (Å²) >= 11 is 0. The van der Waals surface area contributed by atoms with Crippen LogP contribution >= 0.6 is 0 Å². The monoisotopic (exact) mass is 404 g/mol. The summed E-state index contributed by atoms with van der Waals surface area (Å²) in [6.07, 6.45) is 0.516. The van der Waals surface area contributed by atoms with E-state index in [1.54, 1.807) is 0 Å². The van der Waals surface area contributed by atoms with Crippen molar-refractivity contribution in [2.24, 2.45) is 0 Å². The molecule has 0 bridgehead atoms. The number of hydrogen-bond donors (Lipinski definition) is 2. The first kappa shape index (κ1) is 23.6. The number of alkyl halides is 2. The number of likely N-dealkylation sites (N-methyl/N-ethyl adjacent to an activating group) is 1. The number of anilines is 3. The molecule has 158 valence electrons. The van der Waals surface area contributed by atoms with Crippen LogP contribution in [0.1, 0.15) is 6.92 Å². The van der Waals surface area contributed by atoms with Gasteiger partial charge in [-0.1, -0.05) is 6.58 Å². The van der Waals surface area contributed by atoms with Crippen molar-refractivity contribution in [1.82, 2.24) is 4.90 Å². The van der Waals surface area contributed by atoms with Crippen LogP contribution in [0.4, 0.5) is 30.2 Å². The molecule has 0 radical (unpaired) electrons. The maximum Gasteiger partial charge on any atom is 0.387 e. The molecule has 0 saturated carbocycles. The average molecular weight is 404 g/mol. The van der Waals surface area contributed by atoms with Crippen LogP contribution in [0.3, 0.4) is 0 Å². The molecule has 1 heterocycles. The van der Waals surface area contributed by atoms with Crippen LogP contribution in [0.15, 0.2) is 24.5 Å². The highest BCUT2D eigenvalue weighted by molar-refractivity contribution is 5.85. The van der Waals surface area contributed by atoms with Gasteiger partial charge in [-0.05, 0) is 13.0 Å². The number of carbonyl (C=O) groups excluding carboxylic acids is 1. The third kappa shape index (κ3) is 8.49. The van der Waals surface area contributed by atoms with E-state index < -0.39 is 6.61 Å². The topological polar surface area (TPSA) is 80.1 Å². The van der Waals surface area contributed by atoms with Crippen molar-refractivity contribution in [3.8, 4) is 5.75 Å². The molecule has 7 nitrogen and oxygen atoms in total. The lowest BCUT2D eigenvalue weighted by atomic mass is 10.2. The Hall–Kier alpha value is -2.46. The molecule has 1 aliphatic rings. The standard InChI is InChI=1S/C15H22F2N4O3.C3H5F/c1-20(2-3-21-4-6-23-7-5-21)13-9-14(24-15(16)17)11(18)8-12(13)19-10-22;1-3(2)4/h8-10,15H,2-7,18H2,1H3,(H,19,22);1H2,2H3. The molecule has 0 aliphatic carbocycles. The van der Waals surface area contributed by atoms with Crippen molar-refractivity contribution in [3.05, 3.63) is 24.5 Å². The quantitative estimate of drug-likeness (QED) is 0.512. The molecule has 0 spiro atoms. The fourth-order valence-corrected chi connectivity index (χ4v) is 2.52. The van der Waals surface area contributed by atoms with Gasteiger partial charge in [0, 0.05) is 39.3 Å². The maximum atomic E-state index is 12.5. The molecule has 0 unspecified atom stereocenters. The molecule has 10 heteroatoms. The second kappa shape index (κ2) is 12.1. The number of nitrogens with two attached hydrogens (primary N) is 1. The number of nitrogen functional groups attached to an aromatic ring is 1.